The Morgan fingerprint density at radius 2 is 2.11 bits per heavy atom. The average molecular weight is 373 g/mol. The summed E-state index contributed by atoms with van der Waals surface area (Å²) in [6, 6.07) is 14.8. The molecule has 3 aromatic rings. The first-order valence-corrected chi connectivity index (χ1v) is 10.4. The van der Waals surface area contributed by atoms with Crippen molar-refractivity contribution in [2.24, 2.45) is 0 Å². The summed E-state index contributed by atoms with van der Waals surface area (Å²) in [5, 5.41) is 0. The fraction of sp³-hybridized carbons (Fsp3) is 0.400. The second kappa shape index (κ2) is 8.10. The van der Waals surface area contributed by atoms with E-state index in [4.69, 9.17) is 0 Å². The van der Waals surface area contributed by atoms with E-state index in [0.29, 0.717) is 12.3 Å². The van der Waals surface area contributed by atoms with Gasteiger partial charge < -0.3 is 4.98 Å². The molecule has 0 bridgehead atoms. The van der Waals surface area contributed by atoms with Crippen LogP contribution in [0.15, 0.2) is 47.3 Å². The molecule has 2 aromatic carbocycles. The minimum atomic E-state index is -0.0278. The highest BCUT2D eigenvalue weighted by molar-refractivity contribution is 5.75. The molecule has 2 atom stereocenters. The predicted octanol–water partition coefficient (Wildman–Crippen LogP) is 5.49. The molecule has 2 unspecified atom stereocenters. The molecule has 144 valence electrons. The van der Waals surface area contributed by atoms with Gasteiger partial charge >= 0.3 is 5.69 Å². The summed E-state index contributed by atoms with van der Waals surface area (Å²) in [5.41, 5.74) is 6.04. The molecule has 0 aliphatic heterocycles. The molecule has 1 aliphatic rings. The van der Waals surface area contributed by atoms with Crippen molar-refractivity contribution in [2.45, 2.75) is 64.3 Å². The monoisotopic (exact) mass is 372 g/mol. The summed E-state index contributed by atoms with van der Waals surface area (Å²) < 4.78 is 1.91. The number of benzene rings is 2. The zero-order chi connectivity index (χ0) is 19.5. The lowest BCUT2D eigenvalue weighted by Gasteiger charge is -2.22. The Labute approximate surface area is 166 Å². The lowest BCUT2D eigenvalue weighted by molar-refractivity contribution is 0.470. The van der Waals surface area contributed by atoms with Crippen molar-refractivity contribution >= 4 is 11.0 Å². The highest BCUT2D eigenvalue weighted by Gasteiger charge is 2.19. The molecule has 1 aromatic heterocycles. The van der Waals surface area contributed by atoms with Crippen molar-refractivity contribution in [2.75, 3.05) is 0 Å². The Morgan fingerprint density at radius 1 is 1.25 bits per heavy atom. The quantitative estimate of drug-likeness (QED) is 0.604. The van der Waals surface area contributed by atoms with Crippen LogP contribution in [0.3, 0.4) is 0 Å². The van der Waals surface area contributed by atoms with Crippen molar-refractivity contribution in [3.63, 3.8) is 0 Å². The van der Waals surface area contributed by atoms with E-state index in [-0.39, 0.29) is 11.7 Å². The Hall–Kier alpha value is -2.73. The average Bonchev–Trinajstić information content (AvgIpc) is 3.03. The lowest BCUT2D eigenvalue weighted by Crippen LogP contribution is -2.22. The van der Waals surface area contributed by atoms with Gasteiger partial charge in [-0.1, -0.05) is 55.2 Å². The zero-order valence-electron chi connectivity index (χ0n) is 16.8. The molecule has 0 fully saturated rings. The second-order valence-electron chi connectivity index (χ2n) is 7.93. The molecule has 1 N–H and O–H groups in total. The maximum atomic E-state index is 12.6. The third kappa shape index (κ3) is 3.64. The standard InChI is InChI=1S/C25H28N2O/c1-3-8-21(27-24-14-5-4-13-23(24)26-25(27)28)12-7-10-19-9-6-11-20-17-18(2)15-16-22(19)20/h4-5,13-17,19,21H,3,6,8-9,11-12H2,1-2H3,(H,26,28). The molecular weight excluding hydrogens is 344 g/mol. The van der Waals surface area contributed by atoms with Crippen LogP contribution in [0.5, 0.6) is 0 Å². The van der Waals surface area contributed by atoms with Gasteiger partial charge in [0.2, 0.25) is 0 Å². The number of aryl methyl sites for hydroxylation is 2. The number of fused-ring (bicyclic) bond motifs is 2. The number of hydrogen-bond donors (Lipinski definition) is 1. The second-order valence-corrected chi connectivity index (χ2v) is 7.93. The van der Waals surface area contributed by atoms with Crippen molar-refractivity contribution in [1.29, 1.82) is 0 Å². The molecule has 3 nitrogen and oxygen atoms in total. The molecule has 0 saturated heterocycles. The SMILES string of the molecule is CCCC(CC#CC1CCCc2cc(C)ccc21)n1c(=O)[nH]c2ccccc21. The first kappa shape index (κ1) is 18.6. The van der Waals surface area contributed by atoms with E-state index in [1.165, 1.54) is 29.5 Å². The normalized spacial score (nSPS) is 17.0. The maximum Gasteiger partial charge on any atom is 0.326 e. The summed E-state index contributed by atoms with van der Waals surface area (Å²) in [4.78, 5) is 15.6. The lowest BCUT2D eigenvalue weighted by atomic mass is 9.82. The third-order valence-corrected chi connectivity index (χ3v) is 5.84. The van der Waals surface area contributed by atoms with Crippen LogP contribution < -0.4 is 5.69 Å². The van der Waals surface area contributed by atoms with Crippen LogP contribution in [0.25, 0.3) is 11.0 Å². The van der Waals surface area contributed by atoms with Gasteiger partial charge in [0.15, 0.2) is 0 Å². The molecular formula is C25H28N2O. The maximum absolute atomic E-state index is 12.6. The van der Waals surface area contributed by atoms with Gasteiger partial charge in [-0.05, 0) is 55.9 Å². The molecule has 0 radical (unpaired) electrons. The summed E-state index contributed by atoms with van der Waals surface area (Å²) in [6.07, 6.45) is 6.21. The zero-order valence-corrected chi connectivity index (χ0v) is 16.8. The number of H-pyrrole nitrogens is 1. The molecule has 1 heterocycles. The van der Waals surface area contributed by atoms with Gasteiger partial charge in [0.05, 0.1) is 11.0 Å². The molecule has 0 saturated carbocycles. The van der Waals surface area contributed by atoms with E-state index < -0.39 is 0 Å². The van der Waals surface area contributed by atoms with E-state index in [1.807, 2.05) is 28.8 Å². The van der Waals surface area contributed by atoms with E-state index >= 15 is 0 Å². The smallest absolute Gasteiger partial charge is 0.306 e. The van der Waals surface area contributed by atoms with Crippen LogP contribution in [-0.2, 0) is 6.42 Å². The van der Waals surface area contributed by atoms with Gasteiger partial charge in [0.1, 0.15) is 0 Å². The molecule has 0 spiro atoms. The van der Waals surface area contributed by atoms with Crippen molar-refractivity contribution in [3.05, 3.63) is 69.6 Å². The molecule has 1 aliphatic carbocycles. The van der Waals surface area contributed by atoms with E-state index in [9.17, 15) is 4.79 Å². The number of hydrogen-bond acceptors (Lipinski definition) is 1. The Bertz CT molecular complexity index is 1090. The largest absolute Gasteiger partial charge is 0.326 e. The number of aromatic amines is 1. The summed E-state index contributed by atoms with van der Waals surface area (Å²) in [7, 11) is 0. The third-order valence-electron chi connectivity index (χ3n) is 5.84. The fourth-order valence-electron chi connectivity index (χ4n) is 4.49. The Balaban J connectivity index is 1.60. The van der Waals surface area contributed by atoms with Gasteiger partial charge in [-0.15, -0.1) is 5.92 Å². The number of rotatable bonds is 4. The molecule has 4 rings (SSSR count). The fourth-order valence-corrected chi connectivity index (χ4v) is 4.49. The molecule has 3 heteroatoms. The van der Waals surface area contributed by atoms with Gasteiger partial charge in [0, 0.05) is 18.4 Å². The number of aromatic nitrogens is 2. The van der Waals surface area contributed by atoms with Crippen molar-refractivity contribution in [1.82, 2.24) is 9.55 Å². The first-order chi connectivity index (χ1) is 13.7. The predicted molar refractivity (Wildman–Crippen MR) is 116 cm³/mol. The summed E-state index contributed by atoms with van der Waals surface area (Å²) in [6.45, 7) is 4.32. The van der Waals surface area contributed by atoms with Crippen LogP contribution in [0, 0.1) is 18.8 Å². The number of nitrogens with zero attached hydrogens (tertiary/aromatic N) is 1. The van der Waals surface area contributed by atoms with E-state index in [0.717, 1.165) is 30.3 Å². The van der Waals surface area contributed by atoms with E-state index in [1.54, 1.807) is 0 Å². The van der Waals surface area contributed by atoms with E-state index in [2.05, 4.69) is 48.9 Å². The Morgan fingerprint density at radius 3 is 2.96 bits per heavy atom. The van der Waals surface area contributed by atoms with Crippen molar-refractivity contribution < 1.29 is 0 Å². The number of nitrogens with one attached hydrogen (secondary N) is 1. The van der Waals surface area contributed by atoms with Gasteiger partial charge in [-0.2, -0.15) is 0 Å². The summed E-state index contributed by atoms with van der Waals surface area (Å²) >= 11 is 0. The van der Waals surface area contributed by atoms with Crippen LogP contribution in [0.2, 0.25) is 0 Å². The van der Waals surface area contributed by atoms with Crippen LogP contribution in [-0.4, -0.2) is 9.55 Å². The van der Waals surface area contributed by atoms with Crippen LogP contribution in [0.1, 0.15) is 67.7 Å². The molecule has 0 amide bonds. The van der Waals surface area contributed by atoms with Crippen molar-refractivity contribution in [3.8, 4) is 11.8 Å². The van der Waals surface area contributed by atoms with Gasteiger partial charge in [-0.3, -0.25) is 4.57 Å². The summed E-state index contributed by atoms with van der Waals surface area (Å²) in [5.74, 6) is 7.32. The topological polar surface area (TPSA) is 37.8 Å². The number of para-hydroxylation sites is 2. The minimum Gasteiger partial charge on any atom is -0.306 e. The highest BCUT2D eigenvalue weighted by Crippen LogP contribution is 2.32. The number of imidazole rings is 1. The van der Waals surface area contributed by atoms with Gasteiger partial charge in [0.25, 0.3) is 0 Å². The van der Waals surface area contributed by atoms with Crippen LogP contribution >= 0.6 is 0 Å². The molecule has 28 heavy (non-hydrogen) atoms. The first-order valence-electron chi connectivity index (χ1n) is 10.4. The van der Waals surface area contributed by atoms with Gasteiger partial charge in [-0.25, -0.2) is 4.79 Å². The Kier molecular flexibility index (Phi) is 5.39. The highest BCUT2D eigenvalue weighted by atomic mass is 16.1. The van der Waals surface area contributed by atoms with Crippen LogP contribution in [0.4, 0.5) is 0 Å². The minimum absolute atomic E-state index is 0.0278.